The van der Waals surface area contributed by atoms with Crippen molar-refractivity contribution >= 4 is 0 Å². The molecule has 3 aromatic heterocycles. The predicted molar refractivity (Wildman–Crippen MR) is 172 cm³/mol. The van der Waals surface area contributed by atoms with Crippen molar-refractivity contribution in [1.82, 2.24) is 15.0 Å². The standard InChI is InChI=1S/C39H27N3O/c43-36-23-20-27(26-11-2-1-3-12-26)25-30(36)33-21-22-35(41-33)34-17-10-19-38(42-34)39(37-18-8-9-24-40-37)31-15-6-4-13-28(31)29-14-5-7-16-32(29)39/h1-25,41,43H. The van der Waals surface area contributed by atoms with Crippen LogP contribution >= 0.6 is 0 Å². The van der Waals surface area contributed by atoms with E-state index in [9.17, 15) is 5.11 Å². The number of hydrogen-bond acceptors (Lipinski definition) is 3. The number of nitrogens with zero attached hydrogens (tertiary/aromatic N) is 2. The SMILES string of the molecule is Oc1ccc(-c2ccccc2)cc1-c1ccc(-c2cccc(C3(c4ccccn4)c4ccccc4-c4ccccc43)n2)[nH]1. The topological polar surface area (TPSA) is 61.8 Å². The predicted octanol–water partition coefficient (Wildman–Crippen LogP) is 8.87. The van der Waals surface area contributed by atoms with Crippen LogP contribution in [0.5, 0.6) is 5.75 Å². The van der Waals surface area contributed by atoms with Gasteiger partial charge in [0.15, 0.2) is 0 Å². The molecule has 1 aliphatic rings. The van der Waals surface area contributed by atoms with Crippen molar-refractivity contribution in [2.24, 2.45) is 0 Å². The molecule has 0 saturated heterocycles. The number of phenolic OH excluding ortho intramolecular Hbond substituents is 1. The molecule has 0 unspecified atom stereocenters. The van der Waals surface area contributed by atoms with Gasteiger partial charge in [-0.25, -0.2) is 4.98 Å². The van der Waals surface area contributed by atoms with E-state index in [0.29, 0.717) is 0 Å². The first kappa shape index (κ1) is 25.0. The van der Waals surface area contributed by atoms with Crippen molar-refractivity contribution in [1.29, 1.82) is 0 Å². The lowest BCUT2D eigenvalue weighted by molar-refractivity contribution is 0.477. The normalized spacial score (nSPS) is 12.9. The maximum absolute atomic E-state index is 10.8. The molecule has 0 fully saturated rings. The van der Waals surface area contributed by atoms with Gasteiger partial charge in [-0.1, -0.05) is 97.1 Å². The van der Waals surface area contributed by atoms with Crippen molar-refractivity contribution in [3.63, 3.8) is 0 Å². The zero-order valence-electron chi connectivity index (χ0n) is 23.3. The highest BCUT2D eigenvalue weighted by Gasteiger charge is 2.48. The molecule has 0 amide bonds. The lowest BCUT2D eigenvalue weighted by Crippen LogP contribution is -2.31. The number of fused-ring (bicyclic) bond motifs is 3. The molecule has 204 valence electrons. The van der Waals surface area contributed by atoms with Gasteiger partial charge in [-0.05, 0) is 81.9 Å². The summed E-state index contributed by atoms with van der Waals surface area (Å²) in [5.41, 5.74) is 11.3. The molecule has 4 nitrogen and oxygen atoms in total. The minimum atomic E-state index is -0.665. The number of pyridine rings is 2. The Hall–Kier alpha value is -5.74. The van der Waals surface area contributed by atoms with Gasteiger partial charge in [0.25, 0.3) is 0 Å². The van der Waals surface area contributed by atoms with E-state index in [2.05, 4.69) is 83.8 Å². The maximum atomic E-state index is 10.8. The molecule has 1 aliphatic carbocycles. The van der Waals surface area contributed by atoms with E-state index in [4.69, 9.17) is 9.97 Å². The van der Waals surface area contributed by atoms with Gasteiger partial charge >= 0.3 is 0 Å². The van der Waals surface area contributed by atoms with E-state index in [1.165, 1.54) is 22.3 Å². The summed E-state index contributed by atoms with van der Waals surface area (Å²) in [5, 5.41) is 10.8. The number of rotatable bonds is 5. The molecular weight excluding hydrogens is 526 g/mol. The Morgan fingerprint density at radius 2 is 1.19 bits per heavy atom. The van der Waals surface area contributed by atoms with Crippen molar-refractivity contribution < 1.29 is 5.11 Å². The lowest BCUT2D eigenvalue weighted by atomic mass is 9.72. The van der Waals surface area contributed by atoms with Gasteiger partial charge in [0.05, 0.1) is 22.8 Å². The molecule has 0 aliphatic heterocycles. The molecule has 4 aromatic carbocycles. The first-order valence-corrected chi connectivity index (χ1v) is 14.4. The van der Waals surface area contributed by atoms with Crippen LogP contribution in [0.1, 0.15) is 22.5 Å². The Labute approximate surface area is 250 Å². The number of hydrogen-bond donors (Lipinski definition) is 2. The number of aromatic hydroxyl groups is 1. The Morgan fingerprint density at radius 1 is 0.512 bits per heavy atom. The quantitative estimate of drug-likeness (QED) is 0.224. The van der Waals surface area contributed by atoms with Crippen LogP contribution in [0.25, 0.3) is 44.9 Å². The van der Waals surface area contributed by atoms with Gasteiger partial charge in [-0.2, -0.15) is 0 Å². The number of aromatic nitrogens is 3. The van der Waals surface area contributed by atoms with Crippen LogP contribution in [0, 0.1) is 0 Å². The van der Waals surface area contributed by atoms with E-state index in [1.807, 2.05) is 66.9 Å². The van der Waals surface area contributed by atoms with Crippen LogP contribution in [0.3, 0.4) is 0 Å². The van der Waals surface area contributed by atoms with Crippen LogP contribution in [-0.2, 0) is 5.41 Å². The third-order valence-electron chi connectivity index (χ3n) is 8.49. The number of benzene rings is 4. The first-order valence-electron chi connectivity index (χ1n) is 14.4. The minimum Gasteiger partial charge on any atom is -0.507 e. The summed E-state index contributed by atoms with van der Waals surface area (Å²) in [6.45, 7) is 0. The second-order valence-corrected chi connectivity index (χ2v) is 10.8. The van der Waals surface area contributed by atoms with E-state index in [0.717, 1.165) is 45.2 Å². The number of H-pyrrole nitrogens is 1. The van der Waals surface area contributed by atoms with E-state index in [1.54, 1.807) is 6.07 Å². The van der Waals surface area contributed by atoms with Crippen LogP contribution in [0.15, 0.2) is 152 Å². The minimum absolute atomic E-state index is 0.225. The Bertz CT molecular complexity index is 2050. The Morgan fingerprint density at radius 3 is 1.93 bits per heavy atom. The van der Waals surface area contributed by atoms with E-state index in [-0.39, 0.29) is 5.75 Å². The second-order valence-electron chi connectivity index (χ2n) is 10.8. The maximum Gasteiger partial charge on any atom is 0.124 e. The van der Waals surface area contributed by atoms with Crippen LogP contribution in [0.4, 0.5) is 0 Å². The van der Waals surface area contributed by atoms with Crippen molar-refractivity contribution in [3.8, 4) is 50.6 Å². The molecule has 4 heteroatoms. The van der Waals surface area contributed by atoms with Crippen molar-refractivity contribution in [2.45, 2.75) is 5.41 Å². The molecular formula is C39H27N3O. The fraction of sp³-hybridized carbons (Fsp3) is 0.0256. The summed E-state index contributed by atoms with van der Waals surface area (Å²) >= 11 is 0. The average Bonchev–Trinajstić information content (AvgIpc) is 3.68. The van der Waals surface area contributed by atoms with Gasteiger partial charge < -0.3 is 10.1 Å². The number of phenols is 1. The molecule has 0 atom stereocenters. The summed E-state index contributed by atoms with van der Waals surface area (Å²) < 4.78 is 0. The Kier molecular flexibility index (Phi) is 5.80. The highest BCUT2D eigenvalue weighted by Crippen LogP contribution is 2.55. The fourth-order valence-corrected chi connectivity index (χ4v) is 6.56. The first-order chi connectivity index (χ1) is 21.2. The number of aromatic amines is 1. The second kappa shape index (κ2) is 9.97. The molecule has 43 heavy (non-hydrogen) atoms. The summed E-state index contributed by atoms with van der Waals surface area (Å²) in [4.78, 5) is 13.8. The third kappa shape index (κ3) is 3.92. The van der Waals surface area contributed by atoms with Gasteiger partial charge in [0.1, 0.15) is 11.2 Å². The summed E-state index contributed by atoms with van der Waals surface area (Å²) in [6.07, 6.45) is 1.86. The van der Waals surface area contributed by atoms with Gasteiger partial charge in [0, 0.05) is 17.5 Å². The molecule has 2 N–H and O–H groups in total. The summed E-state index contributed by atoms with van der Waals surface area (Å²) in [7, 11) is 0. The van der Waals surface area contributed by atoms with Gasteiger partial charge in [-0.3, -0.25) is 4.98 Å². The largest absolute Gasteiger partial charge is 0.507 e. The van der Waals surface area contributed by atoms with Crippen LogP contribution in [0.2, 0.25) is 0 Å². The van der Waals surface area contributed by atoms with Gasteiger partial charge in [-0.15, -0.1) is 0 Å². The van der Waals surface area contributed by atoms with Gasteiger partial charge in [0.2, 0.25) is 0 Å². The summed E-state index contributed by atoms with van der Waals surface area (Å²) in [6, 6.07) is 49.4. The van der Waals surface area contributed by atoms with Crippen molar-refractivity contribution in [3.05, 3.63) is 174 Å². The smallest absolute Gasteiger partial charge is 0.124 e. The zero-order valence-corrected chi connectivity index (χ0v) is 23.3. The summed E-state index contributed by atoms with van der Waals surface area (Å²) in [5.74, 6) is 0.225. The van der Waals surface area contributed by atoms with E-state index < -0.39 is 5.41 Å². The van der Waals surface area contributed by atoms with Crippen molar-refractivity contribution in [2.75, 3.05) is 0 Å². The molecule has 8 rings (SSSR count). The number of nitrogens with one attached hydrogen (secondary N) is 1. The molecule has 0 saturated carbocycles. The molecule has 7 aromatic rings. The van der Waals surface area contributed by atoms with Crippen LogP contribution < -0.4 is 0 Å². The zero-order chi connectivity index (χ0) is 28.8. The highest BCUT2D eigenvalue weighted by molar-refractivity contribution is 5.85. The molecule has 0 radical (unpaired) electrons. The average molecular weight is 554 g/mol. The lowest BCUT2D eigenvalue weighted by Gasteiger charge is -2.31. The highest BCUT2D eigenvalue weighted by atomic mass is 16.3. The van der Waals surface area contributed by atoms with Crippen LogP contribution in [-0.4, -0.2) is 20.1 Å². The third-order valence-corrected chi connectivity index (χ3v) is 8.49. The van der Waals surface area contributed by atoms with E-state index >= 15 is 0 Å². The molecule has 0 spiro atoms. The fourth-order valence-electron chi connectivity index (χ4n) is 6.56. The Balaban J connectivity index is 1.27. The molecule has 0 bridgehead atoms. The molecule has 3 heterocycles. The monoisotopic (exact) mass is 553 g/mol.